The third-order valence-corrected chi connectivity index (χ3v) is 4.54. The lowest BCUT2D eigenvalue weighted by Gasteiger charge is -2.10. The Hall–Kier alpha value is -2.68. The monoisotopic (exact) mass is 425 g/mol. The fraction of sp³-hybridized carbons (Fsp3) is 0.476. The van der Waals surface area contributed by atoms with Crippen LogP contribution in [0, 0.1) is 13.8 Å². The Labute approximate surface area is 173 Å². The minimum Gasteiger partial charge on any atom is -0.381 e. The Morgan fingerprint density at radius 3 is 2.53 bits per heavy atom. The molecule has 1 amide bonds. The van der Waals surface area contributed by atoms with Crippen molar-refractivity contribution in [1.82, 2.24) is 15.1 Å². The number of aromatic nitrogens is 2. The molecule has 0 bridgehead atoms. The van der Waals surface area contributed by atoms with Crippen LogP contribution in [0.3, 0.4) is 0 Å². The van der Waals surface area contributed by atoms with Crippen molar-refractivity contribution < 1.29 is 27.5 Å². The number of benzene rings is 1. The average Bonchev–Trinajstić information content (AvgIpc) is 3.00. The van der Waals surface area contributed by atoms with E-state index in [0.29, 0.717) is 25.3 Å². The number of halogens is 3. The predicted octanol–water partition coefficient (Wildman–Crippen LogP) is 4.01. The topological polar surface area (TPSA) is 73.2 Å². The molecule has 30 heavy (non-hydrogen) atoms. The second-order valence-electron chi connectivity index (χ2n) is 6.91. The summed E-state index contributed by atoms with van der Waals surface area (Å²) in [6.45, 7) is 6.59. The highest BCUT2D eigenvalue weighted by Gasteiger charge is 2.31. The lowest BCUT2D eigenvalue weighted by Crippen LogP contribution is -2.32. The number of hydrogen-bond donors (Lipinski definition) is 1. The summed E-state index contributed by atoms with van der Waals surface area (Å²) >= 11 is 0. The molecule has 9 heteroatoms. The molecule has 6 nitrogen and oxygen atoms in total. The van der Waals surface area contributed by atoms with Gasteiger partial charge in [0.15, 0.2) is 0 Å². The molecule has 2 aromatic rings. The van der Waals surface area contributed by atoms with Crippen LogP contribution in [-0.4, -0.2) is 41.2 Å². The van der Waals surface area contributed by atoms with E-state index in [4.69, 9.17) is 4.74 Å². The fourth-order valence-electron chi connectivity index (χ4n) is 2.96. The van der Waals surface area contributed by atoms with Gasteiger partial charge in [-0.1, -0.05) is 19.4 Å². The van der Waals surface area contributed by atoms with Gasteiger partial charge >= 0.3 is 6.18 Å². The quantitative estimate of drug-likeness (QED) is 0.355. The summed E-state index contributed by atoms with van der Waals surface area (Å²) in [5.41, 5.74) is 0.000353. The molecule has 0 saturated heterocycles. The molecule has 0 fully saturated rings. The van der Waals surface area contributed by atoms with Crippen molar-refractivity contribution in [3.8, 4) is 5.69 Å². The molecule has 0 unspecified atom stereocenters. The summed E-state index contributed by atoms with van der Waals surface area (Å²) in [5.74, 6) is -1.55. The van der Waals surface area contributed by atoms with Gasteiger partial charge in [0.1, 0.15) is 0 Å². The van der Waals surface area contributed by atoms with E-state index in [1.165, 1.54) is 16.8 Å². The second kappa shape index (κ2) is 10.4. The molecular formula is C21H26F3N3O3. The van der Waals surface area contributed by atoms with E-state index in [1.54, 1.807) is 13.8 Å². The molecule has 0 saturated carbocycles. The Balaban J connectivity index is 2.08. The molecule has 0 aliphatic heterocycles. The number of nitrogens with zero attached hydrogens (tertiary/aromatic N) is 2. The van der Waals surface area contributed by atoms with Gasteiger partial charge in [0, 0.05) is 19.8 Å². The summed E-state index contributed by atoms with van der Waals surface area (Å²) in [6.07, 6.45) is -1.91. The summed E-state index contributed by atoms with van der Waals surface area (Å²) in [6, 6.07) is 4.64. The highest BCUT2D eigenvalue weighted by molar-refractivity contribution is 6.43. The molecule has 1 N–H and O–H groups in total. The van der Waals surface area contributed by atoms with Gasteiger partial charge < -0.3 is 10.1 Å². The Kier molecular flexibility index (Phi) is 8.16. The zero-order valence-electron chi connectivity index (χ0n) is 17.3. The van der Waals surface area contributed by atoms with Gasteiger partial charge in [0.25, 0.3) is 11.7 Å². The summed E-state index contributed by atoms with van der Waals surface area (Å²) in [5, 5.41) is 6.72. The molecule has 0 radical (unpaired) electrons. The molecule has 1 heterocycles. The second-order valence-corrected chi connectivity index (χ2v) is 6.91. The maximum absolute atomic E-state index is 13.0. The first kappa shape index (κ1) is 23.6. The lowest BCUT2D eigenvalue weighted by atomic mass is 10.1. The number of alkyl halides is 3. The maximum Gasteiger partial charge on any atom is 0.416 e. The largest absolute Gasteiger partial charge is 0.416 e. The Bertz CT molecular complexity index is 891. The maximum atomic E-state index is 13.0. The first-order chi connectivity index (χ1) is 14.2. The lowest BCUT2D eigenvalue weighted by molar-refractivity contribution is -0.137. The summed E-state index contributed by atoms with van der Waals surface area (Å²) < 4.78 is 45.6. The van der Waals surface area contributed by atoms with Crippen molar-refractivity contribution in [2.24, 2.45) is 0 Å². The van der Waals surface area contributed by atoms with Crippen LogP contribution in [0.4, 0.5) is 13.2 Å². The molecule has 2 rings (SSSR count). The number of carbonyl (C=O) groups excluding carboxylic acids is 2. The van der Waals surface area contributed by atoms with Crippen molar-refractivity contribution in [2.75, 3.05) is 19.8 Å². The molecule has 1 aromatic heterocycles. The number of carbonyl (C=O) groups is 2. The number of hydrogen-bond acceptors (Lipinski definition) is 4. The van der Waals surface area contributed by atoms with Crippen molar-refractivity contribution in [2.45, 2.75) is 46.2 Å². The SMILES string of the molecule is CCCCOCCCNC(=O)C(=O)c1c(C)nn(-c2cccc(C(F)(F)F)c2)c1C. The molecule has 0 spiro atoms. The van der Waals surface area contributed by atoms with Crippen molar-refractivity contribution in [3.05, 3.63) is 46.8 Å². The number of nitrogens with one attached hydrogen (secondary N) is 1. The average molecular weight is 425 g/mol. The predicted molar refractivity (Wildman–Crippen MR) is 106 cm³/mol. The summed E-state index contributed by atoms with van der Waals surface area (Å²) in [4.78, 5) is 24.8. The van der Waals surface area contributed by atoms with E-state index in [1.807, 2.05) is 0 Å². The highest BCUT2D eigenvalue weighted by atomic mass is 19.4. The number of unbranched alkanes of at least 4 members (excludes halogenated alkanes) is 1. The normalized spacial score (nSPS) is 11.5. The highest BCUT2D eigenvalue weighted by Crippen LogP contribution is 2.30. The fourth-order valence-corrected chi connectivity index (χ4v) is 2.96. The van der Waals surface area contributed by atoms with Crippen LogP contribution >= 0.6 is 0 Å². The zero-order valence-corrected chi connectivity index (χ0v) is 17.3. The van der Waals surface area contributed by atoms with Crippen LogP contribution in [0.1, 0.15) is 53.5 Å². The Morgan fingerprint density at radius 2 is 1.87 bits per heavy atom. The van der Waals surface area contributed by atoms with Crippen LogP contribution in [0.5, 0.6) is 0 Å². The van der Waals surface area contributed by atoms with Crippen LogP contribution < -0.4 is 5.32 Å². The van der Waals surface area contributed by atoms with Gasteiger partial charge in [-0.2, -0.15) is 18.3 Å². The van der Waals surface area contributed by atoms with E-state index < -0.39 is 23.4 Å². The van der Waals surface area contributed by atoms with E-state index in [-0.39, 0.29) is 23.5 Å². The van der Waals surface area contributed by atoms with E-state index in [9.17, 15) is 22.8 Å². The molecule has 0 atom stereocenters. The summed E-state index contributed by atoms with van der Waals surface area (Å²) in [7, 11) is 0. The zero-order chi connectivity index (χ0) is 22.3. The van der Waals surface area contributed by atoms with E-state index in [0.717, 1.165) is 25.0 Å². The van der Waals surface area contributed by atoms with Gasteiger partial charge in [-0.15, -0.1) is 0 Å². The number of Topliss-reactive ketones (excluding diaryl/α,β-unsaturated/α-hetero) is 1. The van der Waals surface area contributed by atoms with Crippen molar-refractivity contribution in [3.63, 3.8) is 0 Å². The number of rotatable bonds is 10. The number of amides is 1. The van der Waals surface area contributed by atoms with Crippen LogP contribution in [-0.2, 0) is 15.7 Å². The van der Waals surface area contributed by atoms with E-state index in [2.05, 4.69) is 17.3 Å². The van der Waals surface area contributed by atoms with Crippen LogP contribution in [0.15, 0.2) is 24.3 Å². The van der Waals surface area contributed by atoms with Gasteiger partial charge in [0.2, 0.25) is 0 Å². The van der Waals surface area contributed by atoms with Gasteiger partial charge in [-0.05, 0) is 44.9 Å². The number of aryl methyl sites for hydroxylation is 1. The number of ether oxygens (including phenoxy) is 1. The Morgan fingerprint density at radius 1 is 1.17 bits per heavy atom. The molecule has 1 aromatic carbocycles. The minimum atomic E-state index is -4.50. The molecule has 0 aliphatic carbocycles. The minimum absolute atomic E-state index is 0.0871. The van der Waals surface area contributed by atoms with Gasteiger partial charge in [-0.25, -0.2) is 4.68 Å². The van der Waals surface area contributed by atoms with Gasteiger partial charge in [-0.3, -0.25) is 9.59 Å². The molecule has 0 aliphatic rings. The first-order valence-corrected chi connectivity index (χ1v) is 9.81. The van der Waals surface area contributed by atoms with Crippen molar-refractivity contribution in [1.29, 1.82) is 0 Å². The van der Waals surface area contributed by atoms with Crippen LogP contribution in [0.25, 0.3) is 5.69 Å². The van der Waals surface area contributed by atoms with Crippen LogP contribution in [0.2, 0.25) is 0 Å². The number of ketones is 1. The first-order valence-electron chi connectivity index (χ1n) is 9.81. The molecular weight excluding hydrogens is 399 g/mol. The third-order valence-electron chi connectivity index (χ3n) is 4.54. The van der Waals surface area contributed by atoms with E-state index >= 15 is 0 Å². The molecule has 164 valence electrons. The smallest absolute Gasteiger partial charge is 0.381 e. The standard InChI is InChI=1S/C21H26F3N3O3/c1-4-5-11-30-12-7-10-25-20(29)19(28)18-14(2)26-27(15(18)3)17-9-6-8-16(13-17)21(22,23)24/h6,8-9,13H,4-5,7,10-12H2,1-3H3,(H,25,29). The van der Waals surface area contributed by atoms with Crippen molar-refractivity contribution >= 4 is 11.7 Å². The third kappa shape index (κ3) is 5.91. The van der Waals surface area contributed by atoms with Gasteiger partial charge in [0.05, 0.1) is 28.2 Å².